The third kappa shape index (κ3) is 2.94. The molecule has 1 saturated heterocycles. The van der Waals surface area contributed by atoms with Crippen molar-refractivity contribution in [2.75, 3.05) is 5.75 Å². The molecule has 1 aromatic rings. The molecule has 0 saturated carbocycles. The molecule has 5 N–H and O–H groups in total. The largest absolute Gasteiger partial charge is 0.387 e. The minimum Gasteiger partial charge on any atom is -0.387 e. The summed E-state index contributed by atoms with van der Waals surface area (Å²) in [5, 5.41) is 23.1. The Morgan fingerprint density at radius 3 is 2.60 bits per heavy atom. The molecule has 2 rings (SSSR count). The second-order valence-corrected chi connectivity index (χ2v) is 5.70. The van der Waals surface area contributed by atoms with Crippen molar-refractivity contribution in [2.45, 2.75) is 24.5 Å². The molecule has 1 aliphatic heterocycles. The van der Waals surface area contributed by atoms with Gasteiger partial charge in [-0.15, -0.1) is 5.10 Å². The van der Waals surface area contributed by atoms with E-state index in [2.05, 4.69) is 10.1 Å². The van der Waals surface area contributed by atoms with E-state index in [0.717, 1.165) is 11.0 Å². The number of nitrogens with two attached hydrogens (primary N) is 1. The Morgan fingerprint density at radius 1 is 1.45 bits per heavy atom. The highest BCUT2D eigenvalue weighted by Crippen LogP contribution is 2.29. The number of nitrogens with zero attached hydrogens (tertiary/aromatic N) is 3. The number of hydrogen-bond donors (Lipinski definition) is 4. The molecule has 1 amide bonds. The van der Waals surface area contributed by atoms with Crippen LogP contribution in [0.15, 0.2) is 6.33 Å². The maximum absolute atomic E-state index is 10.8. The quantitative estimate of drug-likeness (QED) is 0.419. The molecule has 0 unspecified atom stereocenters. The lowest BCUT2D eigenvalue weighted by Gasteiger charge is -2.13. The summed E-state index contributed by atoms with van der Waals surface area (Å²) in [6.07, 6.45) is -4.62. The zero-order chi connectivity index (χ0) is 15.1. The van der Waals surface area contributed by atoms with Gasteiger partial charge < -0.3 is 20.7 Å². The maximum Gasteiger partial charge on any atom is 0.288 e. The molecule has 12 heteroatoms. The third-order valence-corrected chi connectivity index (χ3v) is 3.45. The van der Waals surface area contributed by atoms with Crippen molar-refractivity contribution >= 4 is 16.0 Å². The van der Waals surface area contributed by atoms with Crippen LogP contribution < -0.4 is 5.73 Å². The molecule has 1 fully saturated rings. The van der Waals surface area contributed by atoms with Crippen LogP contribution in [-0.4, -0.2) is 67.9 Å². The summed E-state index contributed by atoms with van der Waals surface area (Å²) in [4.78, 5) is 14.4. The van der Waals surface area contributed by atoms with Crippen LogP contribution in [0, 0.1) is 0 Å². The van der Waals surface area contributed by atoms with Crippen LogP contribution in [0.2, 0.25) is 0 Å². The summed E-state index contributed by atoms with van der Waals surface area (Å²) in [6.45, 7) is 0. The molecular weight excluding hydrogens is 296 g/mol. The van der Waals surface area contributed by atoms with Gasteiger partial charge in [0.15, 0.2) is 6.23 Å². The van der Waals surface area contributed by atoms with Gasteiger partial charge in [0.25, 0.3) is 16.0 Å². The lowest BCUT2D eigenvalue weighted by molar-refractivity contribution is -0.0395. The fraction of sp³-hybridized carbons (Fsp3) is 0.625. The lowest BCUT2D eigenvalue weighted by Crippen LogP contribution is -2.35. The number of amides is 1. The Morgan fingerprint density at radius 2 is 2.10 bits per heavy atom. The van der Waals surface area contributed by atoms with E-state index in [9.17, 15) is 23.4 Å². The number of hydrogen-bond acceptors (Lipinski definition) is 8. The first-order chi connectivity index (χ1) is 9.19. The average Bonchev–Trinajstić information content (AvgIpc) is 2.88. The van der Waals surface area contributed by atoms with E-state index < -0.39 is 46.3 Å². The molecule has 0 spiro atoms. The summed E-state index contributed by atoms with van der Waals surface area (Å²) in [5.74, 6) is -2.11. The molecule has 1 aliphatic rings. The van der Waals surface area contributed by atoms with Gasteiger partial charge in [-0.3, -0.25) is 9.35 Å². The molecule has 0 aliphatic carbocycles. The number of rotatable bonds is 4. The highest BCUT2D eigenvalue weighted by Gasteiger charge is 2.45. The molecule has 1 aromatic heterocycles. The molecular formula is C8H12N4O7S. The maximum atomic E-state index is 10.8. The van der Waals surface area contributed by atoms with Crippen LogP contribution in [0.25, 0.3) is 0 Å². The molecule has 4 atom stereocenters. The third-order valence-electron chi connectivity index (χ3n) is 2.70. The Kier molecular flexibility index (Phi) is 3.75. The summed E-state index contributed by atoms with van der Waals surface area (Å²) >= 11 is 0. The van der Waals surface area contributed by atoms with Crippen LogP contribution in [0.5, 0.6) is 0 Å². The summed E-state index contributed by atoms with van der Waals surface area (Å²) in [7, 11) is -4.39. The van der Waals surface area contributed by atoms with Crippen molar-refractivity contribution in [1.82, 2.24) is 14.8 Å². The molecule has 20 heavy (non-hydrogen) atoms. The smallest absolute Gasteiger partial charge is 0.288 e. The van der Waals surface area contributed by atoms with Crippen molar-refractivity contribution in [3.05, 3.63) is 12.2 Å². The van der Waals surface area contributed by atoms with E-state index in [-0.39, 0.29) is 5.82 Å². The Hall–Kier alpha value is -1.60. The molecule has 2 heterocycles. The fourth-order valence-corrected chi connectivity index (χ4v) is 2.49. The number of carbonyl (C=O) groups is 1. The highest BCUT2D eigenvalue weighted by molar-refractivity contribution is 7.85. The average molecular weight is 308 g/mol. The van der Waals surface area contributed by atoms with Crippen molar-refractivity contribution in [2.24, 2.45) is 5.73 Å². The van der Waals surface area contributed by atoms with Gasteiger partial charge in [0.1, 0.15) is 30.4 Å². The topological polar surface area (TPSA) is 178 Å². The van der Waals surface area contributed by atoms with Gasteiger partial charge in [-0.2, -0.15) is 8.42 Å². The zero-order valence-corrected chi connectivity index (χ0v) is 10.7. The predicted molar refractivity (Wildman–Crippen MR) is 60.9 cm³/mol. The molecule has 0 radical (unpaired) electrons. The lowest BCUT2D eigenvalue weighted by atomic mass is 10.1. The number of primary amides is 1. The van der Waals surface area contributed by atoms with Gasteiger partial charge in [-0.25, -0.2) is 9.67 Å². The van der Waals surface area contributed by atoms with E-state index >= 15 is 0 Å². The Labute approximate surface area is 112 Å². The second kappa shape index (κ2) is 5.06. The van der Waals surface area contributed by atoms with Crippen LogP contribution in [0.3, 0.4) is 0 Å². The summed E-state index contributed by atoms with van der Waals surface area (Å²) < 4.78 is 36.3. The van der Waals surface area contributed by atoms with E-state index in [1.54, 1.807) is 0 Å². The minimum absolute atomic E-state index is 0.325. The first-order valence-electron chi connectivity index (χ1n) is 5.37. The van der Waals surface area contributed by atoms with Crippen molar-refractivity contribution in [1.29, 1.82) is 0 Å². The van der Waals surface area contributed by atoms with Crippen molar-refractivity contribution in [3.63, 3.8) is 0 Å². The highest BCUT2D eigenvalue weighted by atomic mass is 32.2. The monoisotopic (exact) mass is 308 g/mol. The van der Waals surface area contributed by atoms with Crippen molar-refractivity contribution < 1.29 is 32.7 Å². The molecule has 0 aromatic carbocycles. The number of aliphatic hydroxyl groups excluding tert-OH is 2. The Balaban J connectivity index is 2.19. The van der Waals surface area contributed by atoms with Gasteiger partial charge >= 0.3 is 0 Å². The van der Waals surface area contributed by atoms with Gasteiger partial charge in [0.05, 0.1) is 0 Å². The summed E-state index contributed by atoms with van der Waals surface area (Å²) in [6, 6.07) is 0. The van der Waals surface area contributed by atoms with Crippen molar-refractivity contribution in [3.8, 4) is 0 Å². The van der Waals surface area contributed by atoms with Crippen LogP contribution in [0.4, 0.5) is 0 Å². The zero-order valence-electron chi connectivity index (χ0n) is 9.90. The first-order valence-corrected chi connectivity index (χ1v) is 6.97. The number of carbonyl (C=O) groups excluding carboxylic acids is 1. The molecule has 11 nitrogen and oxygen atoms in total. The SMILES string of the molecule is NC(=O)c1ncn([C@@H]2O[C@H](CS(=O)(=O)O)[C@@H](O)[C@H]2O)n1. The van der Waals surface area contributed by atoms with E-state index in [4.69, 9.17) is 15.0 Å². The van der Waals surface area contributed by atoms with E-state index in [1.165, 1.54) is 0 Å². The van der Waals surface area contributed by atoms with Crippen LogP contribution in [0.1, 0.15) is 16.8 Å². The molecule has 112 valence electrons. The van der Waals surface area contributed by atoms with Gasteiger partial charge in [0, 0.05) is 0 Å². The first kappa shape index (κ1) is 14.8. The summed E-state index contributed by atoms with van der Waals surface area (Å²) in [5.41, 5.74) is 4.96. The fourth-order valence-electron chi connectivity index (χ4n) is 1.80. The van der Waals surface area contributed by atoms with Gasteiger partial charge in [-0.05, 0) is 0 Å². The normalized spacial score (nSPS) is 30.6. The van der Waals surface area contributed by atoms with Gasteiger partial charge in [-0.1, -0.05) is 0 Å². The minimum atomic E-state index is -4.39. The van der Waals surface area contributed by atoms with Crippen LogP contribution in [-0.2, 0) is 14.9 Å². The Bertz CT molecular complexity index is 614. The van der Waals surface area contributed by atoms with E-state index in [1.807, 2.05) is 0 Å². The number of aliphatic hydroxyl groups is 2. The molecule has 0 bridgehead atoms. The number of aromatic nitrogens is 3. The van der Waals surface area contributed by atoms with Crippen LogP contribution >= 0.6 is 0 Å². The standard InChI is InChI=1S/C8H12N4O7S/c9-6(15)7-10-2-12(11-7)8-5(14)4(13)3(19-8)1-20(16,17)18/h2-5,8,13-14H,1H2,(H2,9,15)(H,16,17,18)/t3-,4-,5-,8-/m1/s1. The number of ether oxygens (including phenoxy) is 1. The van der Waals surface area contributed by atoms with E-state index in [0.29, 0.717) is 0 Å². The van der Waals surface area contributed by atoms with Gasteiger partial charge in [0.2, 0.25) is 5.82 Å². The second-order valence-electron chi connectivity index (χ2n) is 4.21. The predicted octanol–water partition coefficient (Wildman–Crippen LogP) is -3.12.